The third-order valence-corrected chi connectivity index (χ3v) is 7.38. The molecule has 0 fully saturated rings. The zero-order valence-corrected chi connectivity index (χ0v) is 22.3. The molecule has 1 aliphatic heterocycles. The maximum atomic E-state index is 13.2. The maximum absolute atomic E-state index is 13.2. The lowest BCUT2D eigenvalue weighted by Gasteiger charge is -2.17. The Labute approximate surface area is 221 Å². The number of aromatic nitrogens is 4. The Morgan fingerprint density at radius 3 is 2.71 bits per heavy atom. The minimum atomic E-state index is -1.10. The quantitative estimate of drug-likeness (QED) is 0.269. The van der Waals surface area contributed by atoms with Crippen molar-refractivity contribution in [2.75, 3.05) is 18.9 Å². The first-order valence-corrected chi connectivity index (χ1v) is 13.0. The molecule has 6 N–H and O–H groups in total. The first kappa shape index (κ1) is 25.6. The number of carbonyl (C=O) groups excluding carboxylic acids is 2. The van der Waals surface area contributed by atoms with Crippen molar-refractivity contribution in [3.63, 3.8) is 0 Å². The molecule has 38 heavy (non-hydrogen) atoms. The van der Waals surface area contributed by atoms with Gasteiger partial charge in [0.2, 0.25) is 5.95 Å². The van der Waals surface area contributed by atoms with E-state index < -0.39 is 5.60 Å². The number of hydrogen-bond acceptors (Lipinski definition) is 7. The van der Waals surface area contributed by atoms with Gasteiger partial charge in [-0.05, 0) is 56.0 Å². The second-order valence-corrected chi connectivity index (χ2v) is 11.2. The summed E-state index contributed by atoms with van der Waals surface area (Å²) in [6.45, 7) is 4.40. The molecule has 198 valence electrons. The van der Waals surface area contributed by atoms with Gasteiger partial charge in [-0.2, -0.15) is 0 Å². The van der Waals surface area contributed by atoms with E-state index in [1.54, 1.807) is 36.6 Å². The first-order valence-electron chi connectivity index (χ1n) is 12.2. The number of quaternary nitrogens is 1. The number of amides is 2. The van der Waals surface area contributed by atoms with Crippen LogP contribution in [0.2, 0.25) is 0 Å². The molecule has 5 rings (SSSR count). The highest BCUT2D eigenvalue weighted by molar-refractivity contribution is 7.15. The molecule has 0 saturated heterocycles. The predicted octanol–water partition coefficient (Wildman–Crippen LogP) is 1.77. The number of rotatable bonds is 8. The summed E-state index contributed by atoms with van der Waals surface area (Å²) in [5, 5.41) is 13.2. The summed E-state index contributed by atoms with van der Waals surface area (Å²) >= 11 is 1.39. The van der Waals surface area contributed by atoms with Crippen LogP contribution in [0.25, 0.3) is 27.6 Å². The second kappa shape index (κ2) is 9.71. The highest BCUT2D eigenvalue weighted by Gasteiger charge is 2.21. The van der Waals surface area contributed by atoms with E-state index in [9.17, 15) is 19.5 Å². The number of aliphatic hydroxyl groups is 1. The van der Waals surface area contributed by atoms with Crippen molar-refractivity contribution in [1.29, 1.82) is 0 Å². The molecule has 1 aromatic carbocycles. The van der Waals surface area contributed by atoms with Crippen LogP contribution in [0.5, 0.6) is 0 Å². The Kier molecular flexibility index (Phi) is 6.55. The Morgan fingerprint density at radius 1 is 1.24 bits per heavy atom. The van der Waals surface area contributed by atoms with Gasteiger partial charge in [0.25, 0.3) is 5.91 Å². The van der Waals surface area contributed by atoms with Gasteiger partial charge in [0.1, 0.15) is 0 Å². The summed E-state index contributed by atoms with van der Waals surface area (Å²) in [6, 6.07) is 7.23. The SMILES string of the molecule is CN1C=CC(c2ccc(C(=O)Nc3nc4cc5[nH]c(=O)n(CC(C)(C)O)c5cc4n3CCC([NH3+])=O)s2)=CC1. The average molecular weight is 537 g/mol. The number of allylic oxidation sites excluding steroid dienone is 2. The molecule has 4 aromatic rings. The molecule has 0 atom stereocenters. The lowest BCUT2D eigenvalue weighted by molar-refractivity contribution is -0.305. The zero-order chi connectivity index (χ0) is 27.2. The highest BCUT2D eigenvalue weighted by Crippen LogP contribution is 2.29. The van der Waals surface area contributed by atoms with Gasteiger partial charge in [0, 0.05) is 25.0 Å². The van der Waals surface area contributed by atoms with E-state index in [2.05, 4.69) is 32.0 Å². The summed E-state index contributed by atoms with van der Waals surface area (Å²) in [4.78, 5) is 48.5. The molecule has 0 bridgehead atoms. The number of hydrogen-bond donors (Lipinski definition) is 4. The Balaban J connectivity index is 1.51. The van der Waals surface area contributed by atoms with Gasteiger partial charge >= 0.3 is 11.6 Å². The molecule has 0 aliphatic carbocycles. The average Bonchev–Trinajstić information content (AvgIpc) is 3.52. The number of nitrogens with zero attached hydrogens (tertiary/aromatic N) is 4. The van der Waals surface area contributed by atoms with Crippen molar-refractivity contribution in [1.82, 2.24) is 24.0 Å². The standard InChI is InChI=1S/C26H29N7O4S/c1-26(2,37)14-33-19-13-18-16(12-17(19)29-25(33)36)28-24(32(18)11-8-22(27)34)30-23(35)21-5-4-20(38-21)15-6-9-31(3)10-7-15/h4-7,9,12-13,37H,8,10-11,14H2,1-3H3,(H2,27,34)(H,29,36)(H,28,30,35)/p+1. The van der Waals surface area contributed by atoms with Gasteiger partial charge in [-0.3, -0.25) is 20.4 Å². The van der Waals surface area contributed by atoms with Gasteiger partial charge in [-0.15, -0.1) is 11.3 Å². The fourth-order valence-electron chi connectivity index (χ4n) is 4.42. The van der Waals surface area contributed by atoms with Gasteiger partial charge < -0.3 is 19.6 Å². The molecular weight excluding hydrogens is 506 g/mol. The third-order valence-electron chi connectivity index (χ3n) is 6.25. The number of benzene rings is 1. The van der Waals surface area contributed by atoms with E-state index in [1.165, 1.54) is 15.9 Å². The molecule has 1 aliphatic rings. The van der Waals surface area contributed by atoms with Crippen LogP contribution in [-0.4, -0.2) is 60.1 Å². The molecule has 0 unspecified atom stereocenters. The minimum absolute atomic E-state index is 0.0923. The van der Waals surface area contributed by atoms with E-state index in [0.717, 1.165) is 17.0 Å². The monoisotopic (exact) mass is 536 g/mol. The number of thiophene rings is 1. The van der Waals surface area contributed by atoms with E-state index >= 15 is 0 Å². The summed E-state index contributed by atoms with van der Waals surface area (Å²) in [7, 11) is 2.00. The van der Waals surface area contributed by atoms with Crippen LogP contribution in [0.1, 0.15) is 34.8 Å². The maximum Gasteiger partial charge on any atom is 0.326 e. The number of carbonyl (C=O) groups is 2. The fourth-order valence-corrected chi connectivity index (χ4v) is 5.34. The number of imidazole rings is 2. The molecule has 11 nitrogen and oxygen atoms in total. The van der Waals surface area contributed by atoms with E-state index in [0.29, 0.717) is 32.9 Å². The minimum Gasteiger partial charge on any atom is -0.389 e. The lowest BCUT2D eigenvalue weighted by atomic mass is 10.1. The Hall–Kier alpha value is -4.00. The topological polar surface area (TPSA) is 153 Å². The van der Waals surface area contributed by atoms with Crippen LogP contribution in [0, 0.1) is 0 Å². The summed E-state index contributed by atoms with van der Waals surface area (Å²) < 4.78 is 3.22. The van der Waals surface area contributed by atoms with Crippen LogP contribution >= 0.6 is 11.3 Å². The number of fused-ring (bicyclic) bond motifs is 2. The van der Waals surface area contributed by atoms with Crippen LogP contribution in [0.15, 0.2) is 47.4 Å². The molecule has 3 aromatic heterocycles. The van der Waals surface area contributed by atoms with Crippen molar-refractivity contribution < 1.29 is 20.4 Å². The smallest absolute Gasteiger partial charge is 0.326 e. The molecular formula is C26H30N7O4S+. The van der Waals surface area contributed by atoms with Crippen molar-refractivity contribution in [3.05, 3.63) is 62.9 Å². The van der Waals surface area contributed by atoms with E-state index in [-0.39, 0.29) is 37.0 Å². The summed E-state index contributed by atoms with van der Waals surface area (Å²) in [5.74, 6) is -0.252. The molecule has 4 heterocycles. The highest BCUT2D eigenvalue weighted by atomic mass is 32.1. The lowest BCUT2D eigenvalue weighted by Crippen LogP contribution is -2.57. The first-order chi connectivity index (χ1) is 18.0. The van der Waals surface area contributed by atoms with Crippen molar-refractivity contribution in [2.45, 2.75) is 39.0 Å². The molecule has 0 spiro atoms. The van der Waals surface area contributed by atoms with Crippen molar-refractivity contribution >= 4 is 56.7 Å². The summed E-state index contributed by atoms with van der Waals surface area (Å²) in [6.07, 6.45) is 6.28. The molecule has 0 saturated carbocycles. The van der Waals surface area contributed by atoms with E-state index in [1.807, 2.05) is 25.4 Å². The molecule has 12 heteroatoms. The number of likely N-dealkylation sites (N-methyl/N-ethyl adjacent to an activating group) is 1. The van der Waals surface area contributed by atoms with Crippen LogP contribution in [0.3, 0.4) is 0 Å². The second-order valence-electron chi connectivity index (χ2n) is 10.1. The summed E-state index contributed by atoms with van der Waals surface area (Å²) in [5.41, 5.74) is 5.43. The van der Waals surface area contributed by atoms with Crippen molar-refractivity contribution in [2.24, 2.45) is 0 Å². The van der Waals surface area contributed by atoms with Gasteiger partial charge in [0.05, 0.1) is 45.5 Å². The Bertz CT molecular complexity index is 1680. The van der Waals surface area contributed by atoms with Crippen LogP contribution in [0.4, 0.5) is 5.95 Å². The normalized spacial score (nSPS) is 13.9. The van der Waals surface area contributed by atoms with Gasteiger partial charge in [-0.25, -0.2) is 14.6 Å². The molecule has 2 amide bonds. The zero-order valence-electron chi connectivity index (χ0n) is 21.4. The number of nitrogens with one attached hydrogen (secondary N) is 2. The van der Waals surface area contributed by atoms with Crippen molar-refractivity contribution in [3.8, 4) is 0 Å². The largest absolute Gasteiger partial charge is 0.389 e. The number of aryl methyl sites for hydroxylation is 1. The predicted molar refractivity (Wildman–Crippen MR) is 147 cm³/mol. The Morgan fingerprint density at radius 2 is 2.03 bits per heavy atom. The van der Waals surface area contributed by atoms with Gasteiger partial charge in [-0.1, -0.05) is 6.08 Å². The number of aromatic amines is 1. The van der Waals surface area contributed by atoms with Gasteiger partial charge in [0.15, 0.2) is 0 Å². The third kappa shape index (κ3) is 5.19. The van der Waals surface area contributed by atoms with Crippen LogP contribution in [-0.2, 0) is 17.9 Å². The number of H-pyrrole nitrogens is 1. The van der Waals surface area contributed by atoms with E-state index in [4.69, 9.17) is 0 Å². The van der Waals surface area contributed by atoms with Crippen LogP contribution < -0.4 is 16.7 Å². The fraction of sp³-hybridized carbons (Fsp3) is 0.308. The molecule has 0 radical (unpaired) electrons. The number of anilines is 1.